The zero-order valence-corrected chi connectivity index (χ0v) is 11.3. The molecule has 0 bridgehead atoms. The van der Waals surface area contributed by atoms with E-state index in [1.807, 2.05) is 0 Å². The first-order valence-corrected chi connectivity index (χ1v) is 6.99. The number of morpholine rings is 1. The molecule has 0 amide bonds. The van der Waals surface area contributed by atoms with Crippen LogP contribution in [0.15, 0.2) is 0 Å². The van der Waals surface area contributed by atoms with Gasteiger partial charge in [0.1, 0.15) is 0 Å². The molecule has 2 saturated heterocycles. The number of ether oxygens (including phenoxy) is 1. The van der Waals surface area contributed by atoms with E-state index in [1.54, 1.807) is 0 Å². The lowest BCUT2D eigenvalue weighted by atomic mass is 10.1. The minimum Gasteiger partial charge on any atom is -0.379 e. The molecule has 0 aromatic heterocycles. The normalized spacial score (nSPS) is 31.1. The lowest BCUT2D eigenvalue weighted by Crippen LogP contribution is -2.46. The van der Waals surface area contributed by atoms with E-state index in [2.05, 4.69) is 29.1 Å². The zero-order valence-electron chi connectivity index (χ0n) is 11.3. The smallest absolute Gasteiger partial charge is 0.0620 e. The number of nitrogens with one attached hydrogen (secondary N) is 1. The second kappa shape index (κ2) is 6.69. The van der Waals surface area contributed by atoms with Gasteiger partial charge in [-0.3, -0.25) is 4.90 Å². The molecule has 2 unspecified atom stereocenters. The summed E-state index contributed by atoms with van der Waals surface area (Å²) in [4.78, 5) is 5.08. The zero-order chi connectivity index (χ0) is 12.1. The van der Waals surface area contributed by atoms with Gasteiger partial charge in [-0.1, -0.05) is 0 Å². The fourth-order valence-corrected chi connectivity index (χ4v) is 2.84. The molecule has 1 N–H and O–H groups in total. The van der Waals surface area contributed by atoms with Gasteiger partial charge in [-0.25, -0.2) is 0 Å². The van der Waals surface area contributed by atoms with Crippen molar-refractivity contribution in [2.75, 3.05) is 53.0 Å². The van der Waals surface area contributed by atoms with Crippen molar-refractivity contribution in [1.82, 2.24) is 15.1 Å². The Hall–Kier alpha value is -0.160. The maximum absolute atomic E-state index is 5.52. The van der Waals surface area contributed by atoms with E-state index in [0.29, 0.717) is 12.1 Å². The highest BCUT2D eigenvalue weighted by Crippen LogP contribution is 2.12. The SMILES string of the molecule is CC(CC1COCCN1)N1CCCN(C)CC1. The first-order chi connectivity index (χ1) is 8.25. The van der Waals surface area contributed by atoms with Crippen molar-refractivity contribution in [2.45, 2.75) is 31.8 Å². The van der Waals surface area contributed by atoms with E-state index >= 15 is 0 Å². The highest BCUT2D eigenvalue weighted by molar-refractivity contribution is 4.79. The highest BCUT2D eigenvalue weighted by Gasteiger charge is 2.22. The van der Waals surface area contributed by atoms with Crippen molar-refractivity contribution < 1.29 is 4.74 Å². The molecule has 2 fully saturated rings. The van der Waals surface area contributed by atoms with Crippen molar-refractivity contribution in [2.24, 2.45) is 0 Å². The number of nitrogens with zero attached hydrogens (tertiary/aromatic N) is 2. The molecule has 0 spiro atoms. The summed E-state index contributed by atoms with van der Waals surface area (Å²) in [7, 11) is 2.23. The molecule has 17 heavy (non-hydrogen) atoms. The maximum Gasteiger partial charge on any atom is 0.0620 e. The number of likely N-dealkylation sites (N-methyl/N-ethyl adjacent to an activating group) is 1. The van der Waals surface area contributed by atoms with E-state index in [9.17, 15) is 0 Å². The summed E-state index contributed by atoms with van der Waals surface area (Å²) in [6.07, 6.45) is 2.51. The molecular weight excluding hydrogens is 214 g/mol. The van der Waals surface area contributed by atoms with Gasteiger partial charge in [0.15, 0.2) is 0 Å². The summed E-state index contributed by atoms with van der Waals surface area (Å²) in [6.45, 7) is 10.1. The van der Waals surface area contributed by atoms with Crippen molar-refractivity contribution in [3.63, 3.8) is 0 Å². The minimum atomic E-state index is 0.555. The van der Waals surface area contributed by atoms with Gasteiger partial charge in [0.25, 0.3) is 0 Å². The third-order valence-electron chi connectivity index (χ3n) is 4.00. The van der Waals surface area contributed by atoms with Crippen molar-refractivity contribution in [1.29, 1.82) is 0 Å². The summed E-state index contributed by atoms with van der Waals surface area (Å²) >= 11 is 0. The van der Waals surface area contributed by atoms with E-state index in [1.165, 1.54) is 39.0 Å². The number of rotatable bonds is 3. The summed E-state index contributed by atoms with van der Waals surface area (Å²) < 4.78 is 5.52. The Balaban J connectivity index is 1.75. The second-order valence-electron chi connectivity index (χ2n) is 5.50. The van der Waals surface area contributed by atoms with Gasteiger partial charge in [-0.15, -0.1) is 0 Å². The monoisotopic (exact) mass is 241 g/mol. The molecule has 2 atom stereocenters. The summed E-state index contributed by atoms with van der Waals surface area (Å²) in [6, 6.07) is 1.22. The van der Waals surface area contributed by atoms with Gasteiger partial charge >= 0.3 is 0 Å². The third-order valence-corrected chi connectivity index (χ3v) is 4.00. The quantitative estimate of drug-likeness (QED) is 0.774. The average molecular weight is 241 g/mol. The van der Waals surface area contributed by atoms with Crippen LogP contribution < -0.4 is 5.32 Å². The lowest BCUT2D eigenvalue weighted by molar-refractivity contribution is 0.0623. The Kier molecular flexibility index (Phi) is 5.22. The van der Waals surface area contributed by atoms with E-state index in [0.717, 1.165) is 19.8 Å². The fourth-order valence-electron chi connectivity index (χ4n) is 2.84. The lowest BCUT2D eigenvalue weighted by Gasteiger charge is -2.32. The molecule has 2 aliphatic rings. The number of hydrogen-bond acceptors (Lipinski definition) is 4. The van der Waals surface area contributed by atoms with Crippen LogP contribution >= 0.6 is 0 Å². The Morgan fingerprint density at radius 2 is 2.18 bits per heavy atom. The van der Waals surface area contributed by atoms with Crippen LogP contribution in [0.2, 0.25) is 0 Å². The molecule has 4 nitrogen and oxygen atoms in total. The third kappa shape index (κ3) is 4.21. The molecule has 4 heteroatoms. The maximum atomic E-state index is 5.52. The molecule has 0 aliphatic carbocycles. The molecule has 2 rings (SSSR count). The molecule has 0 aromatic rings. The van der Waals surface area contributed by atoms with Crippen LogP contribution in [-0.4, -0.2) is 74.9 Å². The van der Waals surface area contributed by atoms with Crippen LogP contribution in [0.3, 0.4) is 0 Å². The molecule has 0 aromatic carbocycles. The fraction of sp³-hybridized carbons (Fsp3) is 1.00. The standard InChI is InChI=1S/C13H27N3O/c1-12(10-13-11-17-9-4-14-13)16-6-3-5-15(2)7-8-16/h12-14H,3-11H2,1-2H3. The van der Waals surface area contributed by atoms with E-state index in [-0.39, 0.29) is 0 Å². The first-order valence-electron chi connectivity index (χ1n) is 6.99. The Labute approximate surface area is 105 Å². The molecule has 2 aliphatic heterocycles. The highest BCUT2D eigenvalue weighted by atomic mass is 16.5. The van der Waals surface area contributed by atoms with Crippen molar-refractivity contribution in [3.05, 3.63) is 0 Å². The van der Waals surface area contributed by atoms with E-state index in [4.69, 9.17) is 4.74 Å². The molecule has 0 radical (unpaired) electrons. The Bertz CT molecular complexity index is 219. The molecular formula is C13H27N3O. The van der Waals surface area contributed by atoms with E-state index < -0.39 is 0 Å². The molecule has 2 heterocycles. The van der Waals surface area contributed by atoms with Gasteiger partial charge < -0.3 is 15.0 Å². The topological polar surface area (TPSA) is 27.7 Å². The summed E-state index contributed by atoms with van der Waals surface area (Å²) in [5, 5.41) is 3.55. The Morgan fingerprint density at radius 3 is 2.94 bits per heavy atom. The molecule has 0 saturated carbocycles. The second-order valence-corrected chi connectivity index (χ2v) is 5.50. The first kappa shape index (κ1) is 13.3. The minimum absolute atomic E-state index is 0.555. The molecule has 100 valence electrons. The van der Waals surface area contributed by atoms with Crippen LogP contribution in [0.5, 0.6) is 0 Å². The summed E-state index contributed by atoms with van der Waals surface area (Å²) in [5.41, 5.74) is 0. The van der Waals surface area contributed by atoms with Crippen LogP contribution in [-0.2, 0) is 4.74 Å². The van der Waals surface area contributed by atoms with Crippen LogP contribution in [0.1, 0.15) is 19.8 Å². The van der Waals surface area contributed by atoms with Gasteiger partial charge in [0, 0.05) is 31.7 Å². The van der Waals surface area contributed by atoms with Gasteiger partial charge in [-0.05, 0) is 39.9 Å². The van der Waals surface area contributed by atoms with Gasteiger partial charge in [-0.2, -0.15) is 0 Å². The number of hydrogen-bond donors (Lipinski definition) is 1. The van der Waals surface area contributed by atoms with Crippen LogP contribution in [0.4, 0.5) is 0 Å². The van der Waals surface area contributed by atoms with Crippen molar-refractivity contribution >= 4 is 0 Å². The predicted molar refractivity (Wildman–Crippen MR) is 70.4 cm³/mol. The van der Waals surface area contributed by atoms with Gasteiger partial charge in [0.2, 0.25) is 0 Å². The summed E-state index contributed by atoms with van der Waals surface area (Å²) in [5.74, 6) is 0. The largest absolute Gasteiger partial charge is 0.379 e. The Morgan fingerprint density at radius 1 is 1.29 bits per heavy atom. The van der Waals surface area contributed by atoms with Gasteiger partial charge in [0.05, 0.1) is 13.2 Å². The predicted octanol–water partition coefficient (Wildman–Crippen LogP) is 0.391. The average Bonchev–Trinajstić information content (AvgIpc) is 2.55. The van der Waals surface area contributed by atoms with Crippen LogP contribution in [0, 0.1) is 0 Å². The van der Waals surface area contributed by atoms with Crippen LogP contribution in [0.25, 0.3) is 0 Å². The van der Waals surface area contributed by atoms with Crippen molar-refractivity contribution in [3.8, 4) is 0 Å².